The van der Waals surface area contributed by atoms with Gasteiger partial charge in [0, 0.05) is 20.1 Å². The predicted molar refractivity (Wildman–Crippen MR) is 141 cm³/mol. The number of rotatable bonds is 10. The lowest BCUT2D eigenvalue weighted by atomic mass is 9.85. The first kappa shape index (κ1) is 24.9. The van der Waals surface area contributed by atoms with Crippen LogP contribution < -0.4 is 10.9 Å². The molecule has 0 bridgehead atoms. The van der Waals surface area contributed by atoms with Crippen molar-refractivity contribution in [1.29, 1.82) is 0 Å². The molecule has 1 aliphatic rings. The van der Waals surface area contributed by atoms with Crippen LogP contribution in [0, 0.1) is 12.8 Å². The molecule has 1 aromatic heterocycles. The Balaban J connectivity index is 1.34. The fraction of sp³-hybridized carbons (Fsp3) is 0.370. The van der Waals surface area contributed by atoms with Crippen molar-refractivity contribution in [2.45, 2.75) is 32.7 Å². The van der Waals surface area contributed by atoms with Crippen LogP contribution in [0.1, 0.15) is 30.5 Å². The number of benzene rings is 2. The van der Waals surface area contributed by atoms with E-state index in [1.54, 1.807) is 18.7 Å². The van der Waals surface area contributed by atoms with E-state index in [4.69, 9.17) is 0 Å². The Labute approximate surface area is 210 Å². The molecule has 0 unspecified atom stereocenters. The highest BCUT2D eigenvalue weighted by atomic mass is 32.2. The average Bonchev–Trinajstić information content (AvgIpc) is 3.04. The van der Waals surface area contributed by atoms with Gasteiger partial charge in [-0.2, -0.15) is 0 Å². The van der Waals surface area contributed by atoms with E-state index in [1.165, 1.54) is 35.7 Å². The van der Waals surface area contributed by atoms with Gasteiger partial charge in [-0.05, 0) is 43.4 Å². The summed E-state index contributed by atoms with van der Waals surface area (Å²) in [6.45, 7) is 3.16. The summed E-state index contributed by atoms with van der Waals surface area (Å²) in [5.41, 5.74) is 2.50. The maximum atomic E-state index is 13.0. The van der Waals surface area contributed by atoms with E-state index in [1.807, 2.05) is 65.6 Å². The minimum Gasteiger partial charge on any atom is -0.337 e. The number of thioether (sulfide) groups is 1. The molecule has 35 heavy (non-hydrogen) atoms. The molecule has 7 nitrogen and oxygen atoms in total. The quantitative estimate of drug-likeness (QED) is 0.464. The lowest BCUT2D eigenvalue weighted by molar-refractivity contribution is -0.130. The lowest BCUT2D eigenvalue weighted by Crippen LogP contribution is -2.38. The summed E-state index contributed by atoms with van der Waals surface area (Å²) < 4.78 is 3.26. The van der Waals surface area contributed by atoms with Gasteiger partial charge >= 0.3 is 0 Å². The fourth-order valence-corrected chi connectivity index (χ4v) is 4.97. The minimum atomic E-state index is -0.289. The molecule has 0 radical (unpaired) electrons. The summed E-state index contributed by atoms with van der Waals surface area (Å²) in [6.07, 6.45) is 3.58. The normalized spacial score (nSPS) is 13.3. The highest BCUT2D eigenvalue weighted by Gasteiger charge is 2.24. The molecule has 2 aromatic carbocycles. The van der Waals surface area contributed by atoms with Crippen LogP contribution in [0.25, 0.3) is 5.69 Å². The zero-order valence-corrected chi connectivity index (χ0v) is 21.1. The Kier molecular flexibility index (Phi) is 8.13. The van der Waals surface area contributed by atoms with Crippen molar-refractivity contribution in [3.8, 4) is 5.69 Å². The SMILES string of the molecule is Cc1c(NC(=O)CSCC(=O)N(Cc2ccccc2)CC2CCC2)c(=O)n(-c2ccccc2)n1C. The summed E-state index contributed by atoms with van der Waals surface area (Å²) in [5.74, 6) is 0.662. The highest BCUT2D eigenvalue weighted by Crippen LogP contribution is 2.28. The first-order chi connectivity index (χ1) is 16.9. The van der Waals surface area contributed by atoms with Crippen LogP contribution in [0.3, 0.4) is 0 Å². The number of aromatic nitrogens is 2. The minimum absolute atomic E-state index is 0.0425. The van der Waals surface area contributed by atoms with Crippen molar-refractivity contribution in [2.24, 2.45) is 13.0 Å². The monoisotopic (exact) mass is 492 g/mol. The summed E-state index contributed by atoms with van der Waals surface area (Å²) in [6, 6.07) is 19.3. The van der Waals surface area contributed by atoms with Crippen molar-refractivity contribution < 1.29 is 9.59 Å². The average molecular weight is 493 g/mol. The van der Waals surface area contributed by atoms with E-state index in [2.05, 4.69) is 5.32 Å². The largest absolute Gasteiger partial charge is 0.337 e. The second kappa shape index (κ2) is 11.4. The first-order valence-corrected chi connectivity index (χ1v) is 13.1. The van der Waals surface area contributed by atoms with Gasteiger partial charge in [0.25, 0.3) is 5.56 Å². The third-order valence-electron chi connectivity index (χ3n) is 6.55. The van der Waals surface area contributed by atoms with Crippen LogP contribution in [0.2, 0.25) is 0 Å². The Morgan fingerprint density at radius 1 is 1.03 bits per heavy atom. The summed E-state index contributed by atoms with van der Waals surface area (Å²) >= 11 is 1.28. The van der Waals surface area contributed by atoms with Gasteiger partial charge in [0.05, 0.1) is 22.9 Å². The molecule has 1 fully saturated rings. The zero-order valence-electron chi connectivity index (χ0n) is 20.3. The van der Waals surface area contributed by atoms with Crippen LogP contribution in [-0.2, 0) is 23.2 Å². The Hall–Kier alpha value is -3.26. The molecule has 0 atom stereocenters. The molecule has 1 aliphatic carbocycles. The maximum Gasteiger partial charge on any atom is 0.295 e. The molecule has 4 rings (SSSR count). The van der Waals surface area contributed by atoms with Crippen molar-refractivity contribution in [2.75, 3.05) is 23.4 Å². The number of carbonyl (C=O) groups is 2. The molecule has 1 N–H and O–H groups in total. The fourth-order valence-electron chi connectivity index (χ4n) is 4.26. The van der Waals surface area contributed by atoms with Crippen LogP contribution >= 0.6 is 11.8 Å². The standard InChI is InChI=1S/C27H32N4O3S/c1-20-26(27(34)31(29(20)2)23-14-7-4-8-15-23)28-24(32)18-35-19-25(33)30(17-22-12-9-13-22)16-21-10-5-3-6-11-21/h3-8,10-11,14-15,22H,9,12-13,16-19H2,1-2H3,(H,28,32). The second-order valence-electron chi connectivity index (χ2n) is 9.03. The molecule has 0 aliphatic heterocycles. The smallest absolute Gasteiger partial charge is 0.295 e. The number of anilines is 1. The molecule has 184 valence electrons. The van der Waals surface area contributed by atoms with E-state index in [-0.39, 0.29) is 34.6 Å². The molecule has 0 spiro atoms. The van der Waals surface area contributed by atoms with Gasteiger partial charge in [0.1, 0.15) is 5.69 Å². The lowest BCUT2D eigenvalue weighted by Gasteiger charge is -2.32. The van der Waals surface area contributed by atoms with E-state index in [0.717, 1.165) is 17.8 Å². The number of nitrogens with zero attached hydrogens (tertiary/aromatic N) is 3. The van der Waals surface area contributed by atoms with Gasteiger partial charge < -0.3 is 10.2 Å². The zero-order chi connectivity index (χ0) is 24.8. The molecule has 2 amide bonds. The number of hydrogen-bond acceptors (Lipinski definition) is 4. The topological polar surface area (TPSA) is 76.3 Å². The van der Waals surface area contributed by atoms with Gasteiger partial charge in [-0.1, -0.05) is 55.0 Å². The Bertz CT molecular complexity index is 1220. The summed E-state index contributed by atoms with van der Waals surface area (Å²) in [4.78, 5) is 40.5. The van der Waals surface area contributed by atoms with Crippen molar-refractivity contribution in [3.05, 3.63) is 82.3 Å². The maximum absolute atomic E-state index is 13.0. The van der Waals surface area contributed by atoms with Gasteiger partial charge in [0.2, 0.25) is 11.8 Å². The summed E-state index contributed by atoms with van der Waals surface area (Å²) in [5, 5.41) is 2.76. The van der Waals surface area contributed by atoms with Crippen LogP contribution in [0.4, 0.5) is 5.69 Å². The van der Waals surface area contributed by atoms with Gasteiger partial charge in [-0.25, -0.2) is 4.68 Å². The van der Waals surface area contributed by atoms with E-state index in [9.17, 15) is 14.4 Å². The van der Waals surface area contributed by atoms with Crippen molar-refractivity contribution >= 4 is 29.3 Å². The highest BCUT2D eigenvalue weighted by molar-refractivity contribution is 8.00. The van der Waals surface area contributed by atoms with Crippen LogP contribution in [0.15, 0.2) is 65.5 Å². The van der Waals surface area contributed by atoms with Crippen LogP contribution in [-0.4, -0.2) is 44.1 Å². The summed E-state index contributed by atoms with van der Waals surface area (Å²) in [7, 11) is 1.79. The van der Waals surface area contributed by atoms with Crippen LogP contribution in [0.5, 0.6) is 0 Å². The second-order valence-corrected chi connectivity index (χ2v) is 10.0. The molecule has 3 aromatic rings. The number of nitrogens with one attached hydrogen (secondary N) is 1. The number of para-hydroxylation sites is 1. The Morgan fingerprint density at radius 3 is 2.31 bits per heavy atom. The predicted octanol–water partition coefficient (Wildman–Crippen LogP) is 3.99. The van der Waals surface area contributed by atoms with E-state index >= 15 is 0 Å². The number of carbonyl (C=O) groups excluding carboxylic acids is 2. The van der Waals surface area contributed by atoms with E-state index < -0.39 is 0 Å². The van der Waals surface area contributed by atoms with Gasteiger partial charge in [0.15, 0.2) is 0 Å². The van der Waals surface area contributed by atoms with Gasteiger partial charge in [-0.15, -0.1) is 11.8 Å². The molecule has 1 heterocycles. The molecule has 8 heteroatoms. The first-order valence-electron chi connectivity index (χ1n) is 12.0. The third kappa shape index (κ3) is 6.06. The molecule has 0 saturated heterocycles. The Morgan fingerprint density at radius 2 is 1.69 bits per heavy atom. The molecule has 1 saturated carbocycles. The van der Waals surface area contributed by atoms with Gasteiger partial charge in [-0.3, -0.25) is 19.1 Å². The van der Waals surface area contributed by atoms with E-state index in [0.29, 0.717) is 18.2 Å². The van der Waals surface area contributed by atoms with Crippen molar-refractivity contribution in [3.63, 3.8) is 0 Å². The third-order valence-corrected chi connectivity index (χ3v) is 7.47. The number of amides is 2. The number of hydrogen-bond donors (Lipinski definition) is 1. The molecular weight excluding hydrogens is 460 g/mol. The molecular formula is C27H32N4O3S. The van der Waals surface area contributed by atoms with Crippen molar-refractivity contribution in [1.82, 2.24) is 14.3 Å².